The van der Waals surface area contributed by atoms with Crippen molar-refractivity contribution < 1.29 is 9.18 Å². The van der Waals surface area contributed by atoms with Crippen molar-refractivity contribution in [2.45, 2.75) is 6.42 Å². The number of nitrogens with two attached hydrogens (primary N) is 1. The molecule has 0 saturated carbocycles. The minimum Gasteiger partial charge on any atom is -0.399 e. The molecule has 2 aromatic carbocycles. The Bertz CT molecular complexity index is 677. The molecule has 3 N–H and O–H groups in total. The van der Waals surface area contributed by atoms with E-state index in [9.17, 15) is 9.18 Å². The van der Waals surface area contributed by atoms with E-state index in [0.717, 1.165) is 5.56 Å². The van der Waals surface area contributed by atoms with Gasteiger partial charge in [-0.2, -0.15) is 0 Å². The van der Waals surface area contributed by atoms with Crippen LogP contribution in [0.1, 0.15) is 15.9 Å². The number of rotatable bonds is 4. The number of carbonyl (C=O) groups is 1. The molecule has 0 heterocycles. The molecule has 0 aliphatic rings. The summed E-state index contributed by atoms with van der Waals surface area (Å²) in [5.41, 5.74) is 7.02. The van der Waals surface area contributed by atoms with E-state index in [-0.39, 0.29) is 27.3 Å². The molecule has 2 aromatic rings. The third-order valence-corrected chi connectivity index (χ3v) is 3.69. The second-order valence-electron chi connectivity index (χ2n) is 4.50. The van der Waals surface area contributed by atoms with Gasteiger partial charge in [0.15, 0.2) is 0 Å². The molecule has 1 amide bonds. The molecule has 0 atom stereocenters. The van der Waals surface area contributed by atoms with Gasteiger partial charge in [0.25, 0.3) is 5.91 Å². The van der Waals surface area contributed by atoms with E-state index in [4.69, 9.17) is 28.9 Å². The van der Waals surface area contributed by atoms with Crippen LogP contribution in [0.15, 0.2) is 36.4 Å². The van der Waals surface area contributed by atoms with Crippen LogP contribution in [0.3, 0.4) is 0 Å². The van der Waals surface area contributed by atoms with Crippen molar-refractivity contribution in [3.05, 3.63) is 63.4 Å². The standard InChI is InChI=1S/C15H13Cl2FN2O/c16-13-8-11(19)7-12(14(13)17)15(21)20-5-4-9-2-1-3-10(18)6-9/h1-3,6-8H,4-5,19H2,(H,20,21). The van der Waals surface area contributed by atoms with E-state index >= 15 is 0 Å². The summed E-state index contributed by atoms with van der Waals surface area (Å²) in [7, 11) is 0. The maximum atomic E-state index is 13.0. The van der Waals surface area contributed by atoms with Gasteiger partial charge in [-0.25, -0.2) is 4.39 Å². The van der Waals surface area contributed by atoms with Gasteiger partial charge in [0.2, 0.25) is 0 Å². The first-order valence-electron chi connectivity index (χ1n) is 6.24. The number of hydrogen-bond acceptors (Lipinski definition) is 2. The molecule has 0 saturated heterocycles. The topological polar surface area (TPSA) is 55.1 Å². The molecule has 0 spiro atoms. The summed E-state index contributed by atoms with van der Waals surface area (Å²) in [6, 6.07) is 9.16. The number of nitrogen functional groups attached to an aromatic ring is 1. The maximum Gasteiger partial charge on any atom is 0.252 e. The highest BCUT2D eigenvalue weighted by molar-refractivity contribution is 6.44. The lowest BCUT2D eigenvalue weighted by atomic mass is 10.1. The van der Waals surface area contributed by atoms with Crippen LogP contribution in [0.5, 0.6) is 0 Å². The highest BCUT2D eigenvalue weighted by Gasteiger charge is 2.13. The lowest BCUT2D eigenvalue weighted by Gasteiger charge is -2.09. The molecular formula is C15H13Cl2FN2O. The number of amides is 1. The summed E-state index contributed by atoms with van der Waals surface area (Å²) in [5, 5.41) is 3.09. The summed E-state index contributed by atoms with van der Waals surface area (Å²) >= 11 is 11.9. The second-order valence-corrected chi connectivity index (χ2v) is 5.29. The van der Waals surface area contributed by atoms with Crippen LogP contribution in [0.25, 0.3) is 0 Å². The first-order valence-corrected chi connectivity index (χ1v) is 7.00. The second kappa shape index (κ2) is 6.78. The molecule has 2 rings (SSSR count). The molecule has 0 aliphatic heterocycles. The molecule has 21 heavy (non-hydrogen) atoms. The average Bonchev–Trinajstić information content (AvgIpc) is 2.42. The molecular weight excluding hydrogens is 314 g/mol. The smallest absolute Gasteiger partial charge is 0.252 e. The molecule has 0 aromatic heterocycles. The highest BCUT2D eigenvalue weighted by Crippen LogP contribution is 2.28. The fraction of sp³-hybridized carbons (Fsp3) is 0.133. The quantitative estimate of drug-likeness (QED) is 0.842. The zero-order valence-corrected chi connectivity index (χ0v) is 12.5. The van der Waals surface area contributed by atoms with Gasteiger partial charge in [0, 0.05) is 12.2 Å². The lowest BCUT2D eigenvalue weighted by molar-refractivity contribution is 0.0954. The van der Waals surface area contributed by atoms with Crippen LogP contribution in [-0.4, -0.2) is 12.5 Å². The molecule has 110 valence electrons. The summed E-state index contributed by atoms with van der Waals surface area (Å²) < 4.78 is 13.0. The summed E-state index contributed by atoms with van der Waals surface area (Å²) in [6.45, 7) is 0.352. The van der Waals surface area contributed by atoms with Gasteiger partial charge in [-0.15, -0.1) is 0 Å². The molecule has 0 unspecified atom stereocenters. The fourth-order valence-electron chi connectivity index (χ4n) is 1.88. The number of anilines is 1. The van der Waals surface area contributed by atoms with Gasteiger partial charge in [0.1, 0.15) is 5.82 Å². The van der Waals surface area contributed by atoms with Gasteiger partial charge in [-0.1, -0.05) is 35.3 Å². The van der Waals surface area contributed by atoms with E-state index in [0.29, 0.717) is 18.7 Å². The SMILES string of the molecule is Nc1cc(Cl)c(Cl)c(C(=O)NCCc2cccc(F)c2)c1. The van der Waals surface area contributed by atoms with Crippen molar-refractivity contribution in [1.29, 1.82) is 0 Å². The van der Waals surface area contributed by atoms with Crippen LogP contribution >= 0.6 is 23.2 Å². The molecule has 0 fully saturated rings. The Labute approximate surface area is 131 Å². The largest absolute Gasteiger partial charge is 0.399 e. The van der Waals surface area contributed by atoms with Crippen molar-refractivity contribution in [2.24, 2.45) is 0 Å². The van der Waals surface area contributed by atoms with E-state index in [1.165, 1.54) is 24.3 Å². The Kier molecular flexibility index (Phi) is 5.04. The number of halogens is 3. The minimum absolute atomic E-state index is 0.161. The molecule has 3 nitrogen and oxygen atoms in total. The average molecular weight is 327 g/mol. The first kappa shape index (κ1) is 15.6. The Morgan fingerprint density at radius 1 is 1.24 bits per heavy atom. The Morgan fingerprint density at radius 2 is 2.00 bits per heavy atom. The van der Waals surface area contributed by atoms with Crippen molar-refractivity contribution in [2.75, 3.05) is 12.3 Å². The van der Waals surface area contributed by atoms with Crippen LogP contribution < -0.4 is 11.1 Å². The van der Waals surface area contributed by atoms with Crippen LogP contribution in [0.2, 0.25) is 10.0 Å². The third kappa shape index (κ3) is 4.09. The Hall–Kier alpha value is -1.78. The van der Waals surface area contributed by atoms with E-state index < -0.39 is 0 Å². The first-order chi connectivity index (χ1) is 9.97. The van der Waals surface area contributed by atoms with E-state index in [2.05, 4.69) is 5.32 Å². The Morgan fingerprint density at radius 3 is 2.71 bits per heavy atom. The number of hydrogen-bond donors (Lipinski definition) is 2. The zero-order chi connectivity index (χ0) is 15.4. The van der Waals surface area contributed by atoms with Gasteiger partial charge >= 0.3 is 0 Å². The summed E-state index contributed by atoms with van der Waals surface area (Å²) in [6.07, 6.45) is 0.511. The lowest BCUT2D eigenvalue weighted by Crippen LogP contribution is -2.26. The summed E-state index contributed by atoms with van der Waals surface area (Å²) in [4.78, 5) is 12.0. The normalized spacial score (nSPS) is 10.4. The van der Waals surface area contributed by atoms with Crippen LogP contribution in [0, 0.1) is 5.82 Å². The van der Waals surface area contributed by atoms with Crippen molar-refractivity contribution in [3.63, 3.8) is 0 Å². The molecule has 6 heteroatoms. The van der Waals surface area contributed by atoms with Gasteiger partial charge < -0.3 is 11.1 Å². The van der Waals surface area contributed by atoms with Gasteiger partial charge in [-0.05, 0) is 36.2 Å². The van der Waals surface area contributed by atoms with Gasteiger partial charge in [0.05, 0.1) is 15.6 Å². The molecule has 0 aliphatic carbocycles. The predicted molar refractivity (Wildman–Crippen MR) is 83.3 cm³/mol. The number of nitrogens with one attached hydrogen (secondary N) is 1. The zero-order valence-electron chi connectivity index (χ0n) is 11.0. The van der Waals surface area contributed by atoms with Gasteiger partial charge in [-0.3, -0.25) is 4.79 Å². The third-order valence-electron chi connectivity index (χ3n) is 2.88. The fourth-order valence-corrected chi connectivity index (χ4v) is 2.31. The van der Waals surface area contributed by atoms with Crippen molar-refractivity contribution in [1.82, 2.24) is 5.32 Å². The van der Waals surface area contributed by atoms with E-state index in [1.54, 1.807) is 12.1 Å². The summed E-state index contributed by atoms with van der Waals surface area (Å²) in [5.74, 6) is -0.671. The molecule has 0 radical (unpaired) electrons. The van der Waals surface area contributed by atoms with Crippen molar-refractivity contribution in [3.8, 4) is 0 Å². The number of carbonyl (C=O) groups excluding carboxylic acids is 1. The maximum absolute atomic E-state index is 13.0. The van der Waals surface area contributed by atoms with E-state index in [1.807, 2.05) is 0 Å². The van der Waals surface area contributed by atoms with Crippen molar-refractivity contribution >= 4 is 34.8 Å². The monoisotopic (exact) mass is 326 g/mol. The number of benzene rings is 2. The minimum atomic E-state index is -0.370. The predicted octanol–water partition coefficient (Wildman–Crippen LogP) is 3.69. The molecule has 0 bridgehead atoms. The van der Waals surface area contributed by atoms with Crippen LogP contribution in [-0.2, 0) is 6.42 Å². The highest BCUT2D eigenvalue weighted by atomic mass is 35.5. The van der Waals surface area contributed by atoms with Crippen LogP contribution in [0.4, 0.5) is 10.1 Å². The Balaban J connectivity index is 1.99.